The molecule has 1 amide bonds. The van der Waals surface area contributed by atoms with E-state index in [1.165, 1.54) is 0 Å². The maximum Gasteiger partial charge on any atom is 0.286 e. The van der Waals surface area contributed by atoms with E-state index in [4.69, 9.17) is 32.4 Å². The lowest BCUT2D eigenvalue weighted by atomic mass is 10.3. The fourth-order valence-corrected chi connectivity index (χ4v) is 2.93. The highest BCUT2D eigenvalue weighted by atomic mass is 35.5. The third-order valence-electron chi connectivity index (χ3n) is 4.21. The second-order valence-corrected chi connectivity index (χ2v) is 7.14. The molecule has 1 aromatic carbocycles. The highest BCUT2D eigenvalue weighted by molar-refractivity contribution is 6.31. The molecule has 0 aliphatic heterocycles. The number of ether oxygens (including phenoxy) is 1. The third-order valence-corrected chi connectivity index (χ3v) is 5.00. The van der Waals surface area contributed by atoms with E-state index < -0.39 is 0 Å². The van der Waals surface area contributed by atoms with Crippen molar-refractivity contribution in [2.45, 2.75) is 33.4 Å². The number of amides is 1. The molecule has 2 heterocycles. The van der Waals surface area contributed by atoms with E-state index in [-0.39, 0.29) is 18.3 Å². The second-order valence-electron chi connectivity index (χ2n) is 6.33. The van der Waals surface area contributed by atoms with Gasteiger partial charge in [-0.1, -0.05) is 23.2 Å². The van der Waals surface area contributed by atoms with Gasteiger partial charge in [0.1, 0.15) is 18.1 Å². The van der Waals surface area contributed by atoms with Crippen LogP contribution in [0.25, 0.3) is 0 Å². The van der Waals surface area contributed by atoms with Crippen molar-refractivity contribution in [2.75, 3.05) is 6.54 Å². The molecular weight excluding hydrogens is 401 g/mol. The molecule has 0 bridgehead atoms. The molecule has 2 aromatic heterocycles. The Hall–Kier alpha value is -2.44. The van der Waals surface area contributed by atoms with Crippen molar-refractivity contribution in [3.63, 3.8) is 0 Å². The topological polar surface area (TPSA) is 69.3 Å². The Labute approximate surface area is 173 Å². The first kappa shape index (κ1) is 20.3. The molecule has 0 saturated carbocycles. The van der Waals surface area contributed by atoms with E-state index in [9.17, 15) is 4.79 Å². The van der Waals surface area contributed by atoms with E-state index in [0.29, 0.717) is 34.6 Å². The minimum atomic E-state index is -0.260. The number of aromatic nitrogens is 2. The molecule has 28 heavy (non-hydrogen) atoms. The number of hydrogen-bond acceptors (Lipinski definition) is 4. The van der Waals surface area contributed by atoms with Gasteiger partial charge in [-0.25, -0.2) is 0 Å². The van der Waals surface area contributed by atoms with Gasteiger partial charge in [0, 0.05) is 18.1 Å². The predicted octanol–water partition coefficient (Wildman–Crippen LogP) is 4.80. The van der Waals surface area contributed by atoms with Gasteiger partial charge >= 0.3 is 0 Å². The number of benzene rings is 1. The van der Waals surface area contributed by atoms with Crippen molar-refractivity contribution in [1.82, 2.24) is 15.1 Å². The SMILES string of the molecule is Cc1nn(CCCNC(=O)c2ccc(COc3ccc(Cl)cc3)o2)c(C)c1Cl. The van der Waals surface area contributed by atoms with Crippen LogP contribution in [-0.4, -0.2) is 22.2 Å². The zero-order chi connectivity index (χ0) is 20.1. The monoisotopic (exact) mass is 421 g/mol. The molecule has 0 atom stereocenters. The Kier molecular flexibility index (Phi) is 6.65. The number of nitrogens with one attached hydrogen (secondary N) is 1. The van der Waals surface area contributed by atoms with Crippen LogP contribution >= 0.6 is 23.2 Å². The largest absolute Gasteiger partial charge is 0.486 e. The summed E-state index contributed by atoms with van der Waals surface area (Å²) in [6.45, 7) is 5.22. The highest BCUT2D eigenvalue weighted by Gasteiger charge is 2.12. The summed E-state index contributed by atoms with van der Waals surface area (Å²) in [6, 6.07) is 10.4. The van der Waals surface area contributed by atoms with E-state index in [2.05, 4.69) is 10.4 Å². The van der Waals surface area contributed by atoms with Crippen LogP contribution in [0.4, 0.5) is 0 Å². The van der Waals surface area contributed by atoms with Gasteiger partial charge in [-0.05, 0) is 56.7 Å². The first-order valence-electron chi connectivity index (χ1n) is 8.89. The van der Waals surface area contributed by atoms with Gasteiger partial charge in [0.05, 0.1) is 16.4 Å². The zero-order valence-electron chi connectivity index (χ0n) is 15.7. The van der Waals surface area contributed by atoms with Crippen LogP contribution in [0, 0.1) is 13.8 Å². The van der Waals surface area contributed by atoms with E-state index in [1.54, 1.807) is 36.4 Å². The van der Waals surface area contributed by atoms with Crippen LogP contribution in [-0.2, 0) is 13.2 Å². The molecule has 0 saturated heterocycles. The fourth-order valence-electron chi connectivity index (χ4n) is 2.67. The molecule has 0 unspecified atom stereocenters. The maximum atomic E-state index is 12.2. The predicted molar refractivity (Wildman–Crippen MR) is 108 cm³/mol. The summed E-state index contributed by atoms with van der Waals surface area (Å²) in [4.78, 5) is 12.2. The number of nitrogens with zero attached hydrogens (tertiary/aromatic N) is 2. The van der Waals surface area contributed by atoms with Gasteiger partial charge in [-0.15, -0.1) is 0 Å². The Bertz CT molecular complexity index is 948. The molecule has 6 nitrogen and oxygen atoms in total. The molecule has 8 heteroatoms. The average Bonchev–Trinajstić information content (AvgIpc) is 3.26. The van der Waals surface area contributed by atoms with Gasteiger partial charge in [-0.3, -0.25) is 9.48 Å². The number of halogens is 2. The number of hydrogen-bond donors (Lipinski definition) is 1. The standard InChI is InChI=1S/C20H21Cl2N3O3/c1-13-19(22)14(2)25(24-13)11-3-10-23-20(26)18-9-8-17(28-18)12-27-16-6-4-15(21)5-7-16/h4-9H,3,10-12H2,1-2H3,(H,23,26). The Morgan fingerprint density at radius 3 is 2.61 bits per heavy atom. The maximum absolute atomic E-state index is 12.2. The van der Waals surface area contributed by atoms with Crippen molar-refractivity contribution in [2.24, 2.45) is 0 Å². The molecule has 148 valence electrons. The number of furan rings is 1. The van der Waals surface area contributed by atoms with Crippen LogP contribution in [0.5, 0.6) is 5.75 Å². The Morgan fingerprint density at radius 2 is 1.93 bits per heavy atom. The zero-order valence-corrected chi connectivity index (χ0v) is 17.2. The number of aryl methyl sites for hydroxylation is 2. The van der Waals surface area contributed by atoms with Crippen molar-refractivity contribution in [1.29, 1.82) is 0 Å². The number of rotatable bonds is 8. The summed E-state index contributed by atoms with van der Waals surface area (Å²) >= 11 is 12.0. The number of carbonyl (C=O) groups excluding carboxylic acids is 1. The van der Waals surface area contributed by atoms with Crippen LogP contribution < -0.4 is 10.1 Å². The number of carbonyl (C=O) groups is 1. The molecule has 1 N–H and O–H groups in total. The van der Waals surface area contributed by atoms with Gasteiger partial charge in [-0.2, -0.15) is 5.10 Å². The minimum absolute atomic E-state index is 0.230. The molecule has 0 aliphatic rings. The lowest BCUT2D eigenvalue weighted by Crippen LogP contribution is -2.25. The van der Waals surface area contributed by atoms with Gasteiger partial charge in [0.2, 0.25) is 0 Å². The lowest BCUT2D eigenvalue weighted by molar-refractivity contribution is 0.0921. The quantitative estimate of drug-likeness (QED) is 0.530. The van der Waals surface area contributed by atoms with Gasteiger partial charge in [0.25, 0.3) is 5.91 Å². The van der Waals surface area contributed by atoms with E-state index in [0.717, 1.165) is 17.8 Å². The molecule has 3 aromatic rings. The van der Waals surface area contributed by atoms with Gasteiger partial charge in [0.15, 0.2) is 5.76 Å². The summed E-state index contributed by atoms with van der Waals surface area (Å²) in [5.74, 6) is 1.24. The summed E-state index contributed by atoms with van der Waals surface area (Å²) in [6.07, 6.45) is 0.733. The van der Waals surface area contributed by atoms with Crippen molar-refractivity contribution < 1.29 is 13.9 Å². The van der Waals surface area contributed by atoms with Crippen LogP contribution in [0.15, 0.2) is 40.8 Å². The van der Waals surface area contributed by atoms with Gasteiger partial charge < -0.3 is 14.5 Å². The summed E-state index contributed by atoms with van der Waals surface area (Å²) in [5.41, 5.74) is 1.74. The van der Waals surface area contributed by atoms with Crippen LogP contribution in [0.3, 0.4) is 0 Å². The lowest BCUT2D eigenvalue weighted by Gasteiger charge is -2.06. The minimum Gasteiger partial charge on any atom is -0.486 e. The average molecular weight is 422 g/mol. The molecule has 0 fully saturated rings. The van der Waals surface area contributed by atoms with Crippen molar-refractivity contribution >= 4 is 29.1 Å². The smallest absolute Gasteiger partial charge is 0.286 e. The Balaban J connectivity index is 1.43. The highest BCUT2D eigenvalue weighted by Crippen LogP contribution is 2.19. The molecular formula is C20H21Cl2N3O3. The molecule has 0 spiro atoms. The summed E-state index contributed by atoms with van der Waals surface area (Å²) in [7, 11) is 0. The first-order chi connectivity index (χ1) is 13.4. The van der Waals surface area contributed by atoms with E-state index in [1.807, 2.05) is 18.5 Å². The summed E-state index contributed by atoms with van der Waals surface area (Å²) in [5, 5.41) is 8.54. The summed E-state index contributed by atoms with van der Waals surface area (Å²) < 4.78 is 13.0. The normalized spacial score (nSPS) is 10.9. The molecule has 0 radical (unpaired) electrons. The molecule has 3 rings (SSSR count). The van der Waals surface area contributed by atoms with Crippen LogP contribution in [0.2, 0.25) is 10.0 Å². The second kappa shape index (κ2) is 9.17. The van der Waals surface area contributed by atoms with Crippen molar-refractivity contribution in [3.8, 4) is 5.75 Å². The Morgan fingerprint density at radius 1 is 1.18 bits per heavy atom. The first-order valence-corrected chi connectivity index (χ1v) is 9.64. The van der Waals surface area contributed by atoms with Crippen molar-refractivity contribution in [3.05, 3.63) is 69.4 Å². The third kappa shape index (κ3) is 5.09. The molecule has 0 aliphatic carbocycles. The van der Waals surface area contributed by atoms with E-state index >= 15 is 0 Å². The fraction of sp³-hybridized carbons (Fsp3) is 0.300. The van der Waals surface area contributed by atoms with Crippen LogP contribution in [0.1, 0.15) is 34.1 Å².